The van der Waals surface area contributed by atoms with Crippen molar-refractivity contribution in [3.8, 4) is 0 Å². The lowest BCUT2D eigenvalue weighted by atomic mass is 9.97. The van der Waals surface area contributed by atoms with E-state index in [1.165, 1.54) is 5.56 Å². The van der Waals surface area contributed by atoms with Gasteiger partial charge in [0, 0.05) is 12.2 Å². The molecule has 1 heterocycles. The highest BCUT2D eigenvalue weighted by Crippen LogP contribution is 2.42. The predicted molar refractivity (Wildman–Crippen MR) is 85.3 cm³/mol. The average Bonchev–Trinajstić information content (AvgIpc) is 2.95. The van der Waals surface area contributed by atoms with Gasteiger partial charge >= 0.3 is 5.97 Å². The number of carbonyl (C=O) groups is 1. The van der Waals surface area contributed by atoms with Gasteiger partial charge in [0.25, 0.3) is 0 Å². The first-order chi connectivity index (χ1) is 10.2. The highest BCUT2D eigenvalue weighted by atomic mass is 32.2. The summed E-state index contributed by atoms with van der Waals surface area (Å²) in [7, 11) is 0. The van der Waals surface area contributed by atoms with Crippen molar-refractivity contribution in [2.45, 2.75) is 17.3 Å². The monoisotopic (exact) mass is 299 g/mol. The SMILES string of the molecule is O=C(O)[C@@H]1CSC(Cc2ccccc2)(c2ccccc2)N1. The molecule has 3 nitrogen and oxygen atoms in total. The molecule has 1 saturated heterocycles. The van der Waals surface area contributed by atoms with E-state index in [1.807, 2.05) is 36.4 Å². The van der Waals surface area contributed by atoms with Gasteiger partial charge in [-0.05, 0) is 11.1 Å². The molecule has 0 bridgehead atoms. The van der Waals surface area contributed by atoms with Gasteiger partial charge in [-0.15, -0.1) is 11.8 Å². The number of carboxylic acids is 1. The number of benzene rings is 2. The molecule has 0 saturated carbocycles. The summed E-state index contributed by atoms with van der Waals surface area (Å²) in [6.45, 7) is 0. The molecule has 1 aliphatic rings. The van der Waals surface area contributed by atoms with E-state index >= 15 is 0 Å². The minimum absolute atomic E-state index is 0.369. The van der Waals surface area contributed by atoms with Gasteiger partial charge in [-0.25, -0.2) is 0 Å². The number of thioether (sulfide) groups is 1. The number of nitrogens with one attached hydrogen (secondary N) is 1. The lowest BCUT2D eigenvalue weighted by molar-refractivity contribution is -0.138. The smallest absolute Gasteiger partial charge is 0.321 e. The minimum atomic E-state index is -0.784. The zero-order chi connectivity index (χ0) is 14.7. The summed E-state index contributed by atoms with van der Waals surface area (Å²) < 4.78 is 0. The van der Waals surface area contributed by atoms with Crippen molar-refractivity contribution in [1.82, 2.24) is 5.32 Å². The molecule has 0 radical (unpaired) electrons. The normalized spacial score (nSPS) is 24.9. The molecule has 3 rings (SSSR count). The molecule has 2 aromatic rings. The molecular formula is C17H17NO2S. The van der Waals surface area contributed by atoms with Crippen molar-refractivity contribution in [3.05, 3.63) is 71.8 Å². The van der Waals surface area contributed by atoms with Gasteiger partial charge < -0.3 is 5.11 Å². The Kier molecular flexibility index (Phi) is 3.99. The summed E-state index contributed by atoms with van der Waals surface area (Å²) in [5, 5.41) is 12.6. The largest absolute Gasteiger partial charge is 0.480 e. The second-order valence-corrected chi connectivity index (χ2v) is 6.52. The van der Waals surface area contributed by atoms with Gasteiger partial charge in [0.15, 0.2) is 0 Å². The van der Waals surface area contributed by atoms with Crippen LogP contribution in [0, 0.1) is 0 Å². The van der Waals surface area contributed by atoms with Crippen LogP contribution in [0.25, 0.3) is 0 Å². The van der Waals surface area contributed by atoms with Crippen molar-refractivity contribution >= 4 is 17.7 Å². The maximum atomic E-state index is 11.3. The topological polar surface area (TPSA) is 49.3 Å². The number of hydrogen-bond donors (Lipinski definition) is 2. The van der Waals surface area contributed by atoms with Gasteiger partial charge in [0.2, 0.25) is 0 Å². The van der Waals surface area contributed by atoms with Crippen LogP contribution in [0.3, 0.4) is 0 Å². The maximum absolute atomic E-state index is 11.3. The molecule has 0 aliphatic carbocycles. The molecule has 2 atom stereocenters. The van der Waals surface area contributed by atoms with Crippen LogP contribution < -0.4 is 5.32 Å². The Morgan fingerprint density at radius 1 is 1.14 bits per heavy atom. The molecule has 108 valence electrons. The first-order valence-electron chi connectivity index (χ1n) is 6.93. The third-order valence-corrected chi connectivity index (χ3v) is 5.23. The molecule has 1 fully saturated rings. The van der Waals surface area contributed by atoms with Crippen molar-refractivity contribution in [2.75, 3.05) is 5.75 Å². The fourth-order valence-corrected chi connectivity index (χ4v) is 4.16. The van der Waals surface area contributed by atoms with Gasteiger partial charge in [-0.2, -0.15) is 0 Å². The number of carboxylic acid groups (broad SMARTS) is 1. The van der Waals surface area contributed by atoms with Crippen LogP contribution in [-0.4, -0.2) is 22.9 Å². The van der Waals surface area contributed by atoms with Crippen molar-refractivity contribution in [1.29, 1.82) is 0 Å². The van der Waals surface area contributed by atoms with Crippen LogP contribution in [0.5, 0.6) is 0 Å². The standard InChI is InChI=1S/C17H17NO2S/c19-16(20)15-12-21-17(18-15,14-9-5-2-6-10-14)11-13-7-3-1-4-8-13/h1-10,15,18H,11-12H2,(H,19,20)/t15-,17?/m0/s1. The van der Waals surface area contributed by atoms with Crippen LogP contribution >= 0.6 is 11.8 Å². The summed E-state index contributed by atoms with van der Waals surface area (Å²) in [6.07, 6.45) is 0.770. The van der Waals surface area contributed by atoms with Crippen LogP contribution in [0.2, 0.25) is 0 Å². The molecule has 0 aromatic heterocycles. The fraction of sp³-hybridized carbons (Fsp3) is 0.235. The van der Waals surface area contributed by atoms with Crippen molar-refractivity contribution in [2.24, 2.45) is 0 Å². The summed E-state index contributed by atoms with van der Waals surface area (Å²) in [5.74, 6) is -0.204. The average molecular weight is 299 g/mol. The highest BCUT2D eigenvalue weighted by Gasteiger charge is 2.43. The van der Waals surface area contributed by atoms with Crippen molar-refractivity contribution < 1.29 is 9.90 Å². The zero-order valence-electron chi connectivity index (χ0n) is 11.5. The molecule has 1 aliphatic heterocycles. The van der Waals surface area contributed by atoms with E-state index in [-0.39, 0.29) is 4.87 Å². The summed E-state index contributed by atoms with van der Waals surface area (Å²) in [4.78, 5) is 10.9. The first kappa shape index (κ1) is 14.2. The zero-order valence-corrected chi connectivity index (χ0v) is 12.3. The lowest BCUT2D eigenvalue weighted by Crippen LogP contribution is -2.44. The second-order valence-electron chi connectivity index (χ2n) is 5.20. The van der Waals surface area contributed by atoms with E-state index in [9.17, 15) is 9.90 Å². The third-order valence-electron chi connectivity index (χ3n) is 3.74. The van der Waals surface area contributed by atoms with Gasteiger partial charge in [0.1, 0.15) is 6.04 Å². The second kappa shape index (κ2) is 5.92. The van der Waals surface area contributed by atoms with E-state index in [4.69, 9.17) is 0 Å². The van der Waals surface area contributed by atoms with Crippen LogP contribution in [0.4, 0.5) is 0 Å². The van der Waals surface area contributed by atoms with E-state index in [0.29, 0.717) is 5.75 Å². The third kappa shape index (κ3) is 2.96. The number of aliphatic carboxylic acids is 1. The molecule has 21 heavy (non-hydrogen) atoms. The van der Waals surface area contributed by atoms with Gasteiger partial charge in [0.05, 0.1) is 4.87 Å². The van der Waals surface area contributed by atoms with Gasteiger partial charge in [-0.1, -0.05) is 60.7 Å². The van der Waals surface area contributed by atoms with Crippen LogP contribution in [-0.2, 0) is 16.1 Å². The molecule has 0 amide bonds. The number of rotatable bonds is 4. The Bertz CT molecular complexity index is 617. The Balaban J connectivity index is 1.94. The molecule has 0 spiro atoms. The predicted octanol–water partition coefficient (Wildman–Crippen LogP) is 2.87. The Labute approximate surface area is 128 Å². The Hall–Kier alpha value is -1.78. The van der Waals surface area contributed by atoms with E-state index in [1.54, 1.807) is 11.8 Å². The Morgan fingerprint density at radius 2 is 1.76 bits per heavy atom. The van der Waals surface area contributed by atoms with Crippen molar-refractivity contribution in [3.63, 3.8) is 0 Å². The van der Waals surface area contributed by atoms with Crippen LogP contribution in [0.15, 0.2) is 60.7 Å². The maximum Gasteiger partial charge on any atom is 0.321 e. The number of hydrogen-bond acceptors (Lipinski definition) is 3. The molecule has 2 N–H and O–H groups in total. The molecule has 2 aromatic carbocycles. The van der Waals surface area contributed by atoms with E-state index in [2.05, 4.69) is 29.6 Å². The molecule has 1 unspecified atom stereocenters. The first-order valence-corrected chi connectivity index (χ1v) is 7.92. The Morgan fingerprint density at radius 3 is 2.33 bits per heavy atom. The summed E-state index contributed by atoms with van der Waals surface area (Å²) in [5.41, 5.74) is 2.33. The summed E-state index contributed by atoms with van der Waals surface area (Å²) >= 11 is 1.68. The fourth-order valence-electron chi connectivity index (χ4n) is 2.68. The highest BCUT2D eigenvalue weighted by molar-refractivity contribution is 8.00. The lowest BCUT2D eigenvalue weighted by Gasteiger charge is -2.30. The van der Waals surface area contributed by atoms with E-state index in [0.717, 1.165) is 12.0 Å². The minimum Gasteiger partial charge on any atom is -0.480 e. The molecular weight excluding hydrogens is 282 g/mol. The van der Waals surface area contributed by atoms with Crippen LogP contribution in [0.1, 0.15) is 11.1 Å². The van der Waals surface area contributed by atoms with E-state index < -0.39 is 12.0 Å². The summed E-state index contributed by atoms with van der Waals surface area (Å²) in [6, 6.07) is 19.8. The quantitative estimate of drug-likeness (QED) is 0.911. The van der Waals surface area contributed by atoms with Gasteiger partial charge in [-0.3, -0.25) is 10.1 Å². The molecule has 4 heteroatoms.